The van der Waals surface area contributed by atoms with E-state index >= 15 is 0 Å². The van der Waals surface area contributed by atoms with Crippen LogP contribution in [0.4, 0.5) is 5.69 Å². The van der Waals surface area contributed by atoms with Crippen molar-refractivity contribution in [3.63, 3.8) is 0 Å². The van der Waals surface area contributed by atoms with E-state index in [4.69, 9.17) is 0 Å². The lowest BCUT2D eigenvalue weighted by molar-refractivity contribution is -0.126. The summed E-state index contributed by atoms with van der Waals surface area (Å²) in [6.07, 6.45) is 5.81. The minimum atomic E-state index is 0.231. The Morgan fingerprint density at radius 3 is 2.68 bits per heavy atom. The summed E-state index contributed by atoms with van der Waals surface area (Å²) in [4.78, 5) is 14.1. The van der Waals surface area contributed by atoms with Crippen molar-refractivity contribution in [2.24, 2.45) is 5.92 Å². The van der Waals surface area contributed by atoms with Gasteiger partial charge < -0.3 is 10.2 Å². The Hall–Kier alpha value is -1.51. The molecule has 3 heteroatoms. The molecule has 0 aromatic heterocycles. The highest BCUT2D eigenvalue weighted by atomic mass is 16.1. The average Bonchev–Trinajstić information content (AvgIpc) is 2.46. The molecule has 0 saturated heterocycles. The number of nitrogens with zero attached hydrogens (tertiary/aromatic N) is 1. The first-order valence-corrected chi connectivity index (χ1v) is 7.21. The Morgan fingerprint density at radius 2 is 2.00 bits per heavy atom. The van der Waals surface area contributed by atoms with Crippen LogP contribution in [0.3, 0.4) is 0 Å². The first kappa shape index (κ1) is 13.9. The third-order valence-electron chi connectivity index (χ3n) is 3.87. The van der Waals surface area contributed by atoms with E-state index in [1.54, 1.807) is 0 Å². The second kappa shape index (κ2) is 6.60. The maximum Gasteiger partial charge on any atom is 0.223 e. The molecule has 1 aromatic carbocycles. The molecule has 104 valence electrons. The van der Waals surface area contributed by atoms with Crippen LogP contribution in [0.25, 0.3) is 0 Å². The molecule has 0 aliphatic heterocycles. The number of hydrogen-bond donors (Lipinski definition) is 1. The summed E-state index contributed by atoms with van der Waals surface area (Å²) in [5.74, 6) is 0.473. The minimum absolute atomic E-state index is 0.231. The quantitative estimate of drug-likeness (QED) is 0.902. The Kier molecular flexibility index (Phi) is 4.83. The molecule has 2 rings (SSSR count). The van der Waals surface area contributed by atoms with Gasteiger partial charge in [-0.15, -0.1) is 0 Å². The molecule has 1 fully saturated rings. The van der Waals surface area contributed by atoms with E-state index in [0.29, 0.717) is 6.54 Å². The third kappa shape index (κ3) is 3.98. The van der Waals surface area contributed by atoms with Crippen molar-refractivity contribution in [2.75, 3.05) is 19.0 Å². The van der Waals surface area contributed by atoms with E-state index in [9.17, 15) is 4.79 Å². The fourth-order valence-corrected chi connectivity index (χ4v) is 2.64. The van der Waals surface area contributed by atoms with Gasteiger partial charge in [-0.3, -0.25) is 4.79 Å². The van der Waals surface area contributed by atoms with E-state index < -0.39 is 0 Å². The number of anilines is 1. The van der Waals surface area contributed by atoms with Crippen molar-refractivity contribution in [1.82, 2.24) is 5.32 Å². The summed E-state index contributed by atoms with van der Waals surface area (Å²) in [5.41, 5.74) is 2.33. The van der Waals surface area contributed by atoms with Crippen LogP contribution in [0.5, 0.6) is 0 Å². The fraction of sp³-hybridized carbons (Fsp3) is 0.562. The molecule has 1 N–H and O–H groups in total. The van der Waals surface area contributed by atoms with E-state index in [1.807, 2.05) is 20.2 Å². The molecular weight excluding hydrogens is 236 g/mol. The molecule has 1 aliphatic rings. The van der Waals surface area contributed by atoms with Crippen LogP contribution >= 0.6 is 0 Å². The first-order valence-electron chi connectivity index (χ1n) is 7.21. The smallest absolute Gasteiger partial charge is 0.223 e. The third-order valence-corrected chi connectivity index (χ3v) is 3.87. The Labute approximate surface area is 116 Å². The maximum atomic E-state index is 12.1. The Morgan fingerprint density at radius 1 is 1.26 bits per heavy atom. The van der Waals surface area contributed by atoms with E-state index in [-0.39, 0.29) is 11.8 Å². The standard InChI is InChI=1S/C16H24N2O/c1-18(2)15-10-6-7-13(11-15)12-17-16(19)14-8-4-3-5-9-14/h6-7,10-11,14H,3-5,8-9,12H2,1-2H3,(H,17,19). The molecule has 19 heavy (non-hydrogen) atoms. The van der Waals surface area contributed by atoms with Gasteiger partial charge in [-0.25, -0.2) is 0 Å². The van der Waals surface area contributed by atoms with Crippen LogP contribution < -0.4 is 10.2 Å². The highest BCUT2D eigenvalue weighted by Gasteiger charge is 2.20. The highest BCUT2D eigenvalue weighted by Crippen LogP contribution is 2.23. The second-order valence-electron chi connectivity index (χ2n) is 5.62. The van der Waals surface area contributed by atoms with Gasteiger partial charge >= 0.3 is 0 Å². The van der Waals surface area contributed by atoms with Crippen molar-refractivity contribution in [1.29, 1.82) is 0 Å². The summed E-state index contributed by atoms with van der Waals surface area (Å²) in [6, 6.07) is 8.30. The van der Waals surface area contributed by atoms with Crippen molar-refractivity contribution in [3.05, 3.63) is 29.8 Å². The average molecular weight is 260 g/mol. The minimum Gasteiger partial charge on any atom is -0.378 e. The number of benzene rings is 1. The highest BCUT2D eigenvalue weighted by molar-refractivity contribution is 5.78. The number of rotatable bonds is 4. The monoisotopic (exact) mass is 260 g/mol. The molecule has 3 nitrogen and oxygen atoms in total. The number of carbonyl (C=O) groups excluding carboxylic acids is 1. The van der Waals surface area contributed by atoms with Crippen LogP contribution in [-0.2, 0) is 11.3 Å². The van der Waals surface area contributed by atoms with Gasteiger partial charge in [-0.1, -0.05) is 31.4 Å². The van der Waals surface area contributed by atoms with Crippen molar-refractivity contribution < 1.29 is 4.79 Å². The summed E-state index contributed by atoms with van der Waals surface area (Å²) in [7, 11) is 4.06. The molecule has 0 spiro atoms. The van der Waals surface area contributed by atoms with E-state index in [2.05, 4.69) is 28.4 Å². The molecular formula is C16H24N2O. The fourth-order valence-electron chi connectivity index (χ4n) is 2.64. The van der Waals surface area contributed by atoms with E-state index in [1.165, 1.54) is 24.9 Å². The second-order valence-corrected chi connectivity index (χ2v) is 5.62. The van der Waals surface area contributed by atoms with E-state index in [0.717, 1.165) is 18.4 Å². The van der Waals surface area contributed by atoms with Gasteiger partial charge in [0, 0.05) is 32.2 Å². The molecule has 0 radical (unpaired) electrons. The van der Waals surface area contributed by atoms with Crippen LogP contribution in [0.2, 0.25) is 0 Å². The summed E-state index contributed by atoms with van der Waals surface area (Å²) in [6.45, 7) is 0.636. The maximum absolute atomic E-state index is 12.1. The van der Waals surface area contributed by atoms with Gasteiger partial charge in [0.05, 0.1) is 0 Å². The molecule has 0 bridgehead atoms. The Bertz CT molecular complexity index is 423. The van der Waals surface area contributed by atoms with Crippen molar-refractivity contribution in [2.45, 2.75) is 38.6 Å². The van der Waals surface area contributed by atoms with Crippen LogP contribution in [0.1, 0.15) is 37.7 Å². The normalized spacial score (nSPS) is 16.1. The van der Waals surface area contributed by atoms with Gasteiger partial charge in [0.15, 0.2) is 0 Å². The van der Waals surface area contributed by atoms with Gasteiger partial charge in [0.1, 0.15) is 0 Å². The summed E-state index contributed by atoms with van der Waals surface area (Å²) in [5, 5.41) is 3.08. The Balaban J connectivity index is 1.87. The molecule has 0 heterocycles. The number of hydrogen-bond acceptors (Lipinski definition) is 2. The molecule has 1 aromatic rings. The molecule has 0 atom stereocenters. The molecule has 1 amide bonds. The first-order chi connectivity index (χ1) is 9.16. The largest absolute Gasteiger partial charge is 0.378 e. The van der Waals surface area contributed by atoms with Crippen molar-refractivity contribution >= 4 is 11.6 Å². The van der Waals surface area contributed by atoms with Crippen LogP contribution in [0, 0.1) is 5.92 Å². The summed E-state index contributed by atoms with van der Waals surface area (Å²) < 4.78 is 0. The van der Waals surface area contributed by atoms with Crippen molar-refractivity contribution in [3.8, 4) is 0 Å². The zero-order chi connectivity index (χ0) is 13.7. The number of amides is 1. The summed E-state index contributed by atoms with van der Waals surface area (Å²) >= 11 is 0. The van der Waals surface area contributed by atoms with Gasteiger partial charge in [-0.05, 0) is 30.5 Å². The molecule has 0 unspecified atom stereocenters. The predicted octanol–water partition coefficient (Wildman–Crippen LogP) is 2.95. The van der Waals surface area contributed by atoms with Crippen LogP contribution in [0.15, 0.2) is 24.3 Å². The lowest BCUT2D eigenvalue weighted by Gasteiger charge is -2.21. The van der Waals surface area contributed by atoms with Crippen LogP contribution in [-0.4, -0.2) is 20.0 Å². The predicted molar refractivity (Wildman–Crippen MR) is 79.2 cm³/mol. The zero-order valence-electron chi connectivity index (χ0n) is 12.0. The lowest BCUT2D eigenvalue weighted by atomic mass is 9.88. The molecule has 1 saturated carbocycles. The molecule has 1 aliphatic carbocycles. The topological polar surface area (TPSA) is 32.3 Å². The SMILES string of the molecule is CN(C)c1cccc(CNC(=O)C2CCCCC2)c1. The zero-order valence-corrected chi connectivity index (χ0v) is 12.0. The number of carbonyl (C=O) groups is 1. The lowest BCUT2D eigenvalue weighted by Crippen LogP contribution is -2.31. The van der Waals surface area contributed by atoms with Gasteiger partial charge in [0.25, 0.3) is 0 Å². The van der Waals surface area contributed by atoms with Gasteiger partial charge in [-0.2, -0.15) is 0 Å². The van der Waals surface area contributed by atoms with Gasteiger partial charge in [0.2, 0.25) is 5.91 Å². The number of nitrogens with one attached hydrogen (secondary N) is 1.